The molecule has 0 aromatic heterocycles. The number of ether oxygens (including phenoxy) is 4. The number of carbonyl (C=O) groups excluding carboxylic acids is 1. The summed E-state index contributed by atoms with van der Waals surface area (Å²) in [4.78, 5) is 12.9. The molecule has 0 saturated heterocycles. The molecule has 2 aromatic rings. The molecule has 1 atom stereocenters. The Labute approximate surface area is 137 Å². The van der Waals surface area contributed by atoms with Crippen LogP contribution in [0, 0.1) is 0 Å². The summed E-state index contributed by atoms with van der Waals surface area (Å²) in [5.74, 6) is 0.240. The molecule has 7 nitrogen and oxygen atoms in total. The molecular formula is C17H14O7. The van der Waals surface area contributed by atoms with Crippen molar-refractivity contribution in [2.45, 2.75) is 5.92 Å². The number of phenols is 2. The molecule has 2 aliphatic rings. The second-order valence-electron chi connectivity index (χ2n) is 5.51. The van der Waals surface area contributed by atoms with Gasteiger partial charge in [-0.15, -0.1) is 0 Å². The largest absolute Gasteiger partial charge is 0.508 e. The average molecular weight is 330 g/mol. The molecule has 4 rings (SSSR count). The second-order valence-corrected chi connectivity index (χ2v) is 5.51. The number of rotatable bonds is 2. The van der Waals surface area contributed by atoms with Gasteiger partial charge in [-0.1, -0.05) is 0 Å². The van der Waals surface area contributed by atoms with Crippen molar-refractivity contribution in [2.24, 2.45) is 0 Å². The van der Waals surface area contributed by atoms with Crippen molar-refractivity contribution in [1.82, 2.24) is 0 Å². The zero-order valence-electron chi connectivity index (χ0n) is 12.7. The molecule has 0 unspecified atom stereocenters. The Hall–Kier alpha value is -3.09. The van der Waals surface area contributed by atoms with Gasteiger partial charge in [0, 0.05) is 23.8 Å². The number of hydrogen-bond donors (Lipinski definition) is 2. The first-order valence-electron chi connectivity index (χ1n) is 7.29. The lowest BCUT2D eigenvalue weighted by atomic mass is 9.87. The number of fused-ring (bicyclic) bond motifs is 2. The Balaban J connectivity index is 1.80. The zero-order valence-corrected chi connectivity index (χ0v) is 12.7. The van der Waals surface area contributed by atoms with Crippen LogP contribution in [0.4, 0.5) is 0 Å². The highest BCUT2D eigenvalue weighted by molar-refractivity contribution is 6.07. The van der Waals surface area contributed by atoms with Gasteiger partial charge in [-0.25, -0.2) is 0 Å². The van der Waals surface area contributed by atoms with Crippen molar-refractivity contribution in [2.75, 3.05) is 20.5 Å². The minimum atomic E-state index is -0.669. The molecule has 124 valence electrons. The van der Waals surface area contributed by atoms with Crippen LogP contribution in [0.1, 0.15) is 21.8 Å². The normalized spacial score (nSPS) is 18.0. The molecule has 2 N–H and O–H groups in total. The molecule has 24 heavy (non-hydrogen) atoms. The number of hydrogen-bond acceptors (Lipinski definition) is 7. The van der Waals surface area contributed by atoms with E-state index in [1.54, 1.807) is 12.1 Å². The number of benzene rings is 2. The van der Waals surface area contributed by atoms with Crippen molar-refractivity contribution in [1.29, 1.82) is 0 Å². The standard InChI is InChI=1S/C17H14O7/c1-21-12-5-14-13(23-7-24-14)4-9(12)10-6-22-15-3-8(18)2-11(19)16(15)17(10)20/h2-5,10,18-19H,6-7H2,1H3/t10-/m0/s1. The summed E-state index contributed by atoms with van der Waals surface area (Å²) in [5.41, 5.74) is 0.633. The quantitative estimate of drug-likeness (QED) is 0.871. The fourth-order valence-electron chi connectivity index (χ4n) is 2.99. The molecule has 2 aromatic carbocycles. The van der Waals surface area contributed by atoms with E-state index in [0.717, 1.165) is 6.07 Å². The van der Waals surface area contributed by atoms with Crippen molar-refractivity contribution in [3.63, 3.8) is 0 Å². The van der Waals surface area contributed by atoms with E-state index in [1.807, 2.05) is 0 Å². The summed E-state index contributed by atoms with van der Waals surface area (Å²) < 4.78 is 21.6. The molecular weight excluding hydrogens is 316 g/mol. The summed E-state index contributed by atoms with van der Waals surface area (Å²) in [7, 11) is 1.50. The van der Waals surface area contributed by atoms with Crippen molar-refractivity contribution in [3.05, 3.63) is 35.4 Å². The van der Waals surface area contributed by atoms with Gasteiger partial charge < -0.3 is 29.2 Å². The zero-order chi connectivity index (χ0) is 16.8. The highest BCUT2D eigenvalue weighted by Crippen LogP contribution is 2.45. The summed E-state index contributed by atoms with van der Waals surface area (Å²) in [6.45, 7) is 0.171. The highest BCUT2D eigenvalue weighted by Gasteiger charge is 2.36. The lowest BCUT2D eigenvalue weighted by Gasteiger charge is -2.26. The number of ketones is 1. The Morgan fingerprint density at radius 2 is 1.79 bits per heavy atom. The van der Waals surface area contributed by atoms with Crippen LogP contribution in [-0.4, -0.2) is 36.5 Å². The predicted octanol–water partition coefficient (Wildman–Crippen LogP) is 2.19. The lowest BCUT2D eigenvalue weighted by Crippen LogP contribution is -2.26. The first-order chi connectivity index (χ1) is 11.6. The number of methoxy groups -OCH3 is 1. The minimum absolute atomic E-state index is 0.0452. The third kappa shape index (κ3) is 2.09. The van der Waals surface area contributed by atoms with Gasteiger partial charge in [-0.2, -0.15) is 0 Å². The van der Waals surface area contributed by atoms with Crippen LogP contribution in [0.3, 0.4) is 0 Å². The number of aromatic hydroxyl groups is 2. The van der Waals surface area contributed by atoms with Gasteiger partial charge in [0.1, 0.15) is 35.2 Å². The van der Waals surface area contributed by atoms with Gasteiger partial charge in [0.2, 0.25) is 6.79 Å². The van der Waals surface area contributed by atoms with Crippen LogP contribution >= 0.6 is 0 Å². The summed E-state index contributed by atoms with van der Waals surface area (Å²) in [6, 6.07) is 5.77. The Morgan fingerprint density at radius 3 is 2.54 bits per heavy atom. The summed E-state index contributed by atoms with van der Waals surface area (Å²) >= 11 is 0. The molecule has 0 fully saturated rings. The number of Topliss-reactive ketones (excluding diaryl/α,β-unsaturated/α-hetero) is 1. The van der Waals surface area contributed by atoms with Crippen LogP contribution in [0.15, 0.2) is 24.3 Å². The minimum Gasteiger partial charge on any atom is -0.508 e. The molecule has 0 aliphatic carbocycles. The molecule has 0 spiro atoms. The highest BCUT2D eigenvalue weighted by atomic mass is 16.7. The van der Waals surface area contributed by atoms with E-state index in [1.165, 1.54) is 13.2 Å². The third-order valence-corrected chi connectivity index (χ3v) is 4.13. The molecule has 7 heteroatoms. The number of carbonyl (C=O) groups is 1. The smallest absolute Gasteiger partial charge is 0.231 e. The van der Waals surface area contributed by atoms with Crippen LogP contribution in [0.5, 0.6) is 34.5 Å². The van der Waals surface area contributed by atoms with E-state index < -0.39 is 5.92 Å². The van der Waals surface area contributed by atoms with Crippen molar-refractivity contribution in [3.8, 4) is 34.5 Å². The maximum Gasteiger partial charge on any atom is 0.231 e. The van der Waals surface area contributed by atoms with Gasteiger partial charge in [0.25, 0.3) is 0 Å². The Morgan fingerprint density at radius 1 is 1.04 bits per heavy atom. The first kappa shape index (κ1) is 14.5. The Bertz CT molecular complexity index is 843. The van der Waals surface area contributed by atoms with E-state index in [-0.39, 0.29) is 42.0 Å². The second kappa shape index (κ2) is 5.23. The van der Waals surface area contributed by atoms with Gasteiger partial charge in [-0.05, 0) is 6.07 Å². The van der Waals surface area contributed by atoms with Gasteiger partial charge in [0.05, 0.1) is 13.0 Å². The third-order valence-electron chi connectivity index (χ3n) is 4.13. The fraction of sp³-hybridized carbons (Fsp3) is 0.235. The van der Waals surface area contributed by atoms with Gasteiger partial charge >= 0.3 is 0 Å². The molecule has 0 saturated carbocycles. The van der Waals surface area contributed by atoms with Crippen LogP contribution < -0.4 is 18.9 Å². The predicted molar refractivity (Wildman–Crippen MR) is 81.5 cm³/mol. The van der Waals surface area contributed by atoms with E-state index in [9.17, 15) is 15.0 Å². The van der Waals surface area contributed by atoms with Crippen molar-refractivity contribution >= 4 is 5.78 Å². The van der Waals surface area contributed by atoms with E-state index in [4.69, 9.17) is 18.9 Å². The SMILES string of the molecule is COc1cc2c(cc1[C@@H]1COc3cc(O)cc(O)c3C1=O)OCO2. The molecule has 2 aliphatic heterocycles. The van der Waals surface area contributed by atoms with Crippen LogP contribution in [0.2, 0.25) is 0 Å². The van der Waals surface area contributed by atoms with E-state index >= 15 is 0 Å². The molecule has 0 amide bonds. The molecule has 0 radical (unpaired) electrons. The number of phenolic OH excluding ortho intramolecular Hbond substituents is 2. The maximum absolute atomic E-state index is 12.9. The first-order valence-corrected chi connectivity index (χ1v) is 7.29. The van der Waals surface area contributed by atoms with Gasteiger partial charge in [-0.3, -0.25) is 4.79 Å². The van der Waals surface area contributed by atoms with E-state index in [0.29, 0.717) is 22.8 Å². The maximum atomic E-state index is 12.9. The molecule has 2 heterocycles. The summed E-state index contributed by atoms with van der Waals surface area (Å²) in [5, 5.41) is 19.5. The van der Waals surface area contributed by atoms with Crippen molar-refractivity contribution < 1.29 is 34.0 Å². The molecule has 0 bridgehead atoms. The van der Waals surface area contributed by atoms with E-state index in [2.05, 4.69) is 0 Å². The monoisotopic (exact) mass is 330 g/mol. The fourth-order valence-corrected chi connectivity index (χ4v) is 2.99. The van der Waals surface area contributed by atoms with Crippen LogP contribution in [0.25, 0.3) is 0 Å². The summed E-state index contributed by atoms with van der Waals surface area (Å²) in [6.07, 6.45) is 0. The topological polar surface area (TPSA) is 94.5 Å². The lowest BCUT2D eigenvalue weighted by molar-refractivity contribution is 0.0890. The van der Waals surface area contributed by atoms with Gasteiger partial charge in [0.15, 0.2) is 17.3 Å². The van der Waals surface area contributed by atoms with Crippen LogP contribution in [-0.2, 0) is 0 Å². The average Bonchev–Trinajstić information content (AvgIpc) is 3.00. The Kier molecular flexibility index (Phi) is 3.16.